The van der Waals surface area contributed by atoms with E-state index in [1.165, 1.54) is 0 Å². The van der Waals surface area contributed by atoms with Crippen molar-refractivity contribution in [3.63, 3.8) is 0 Å². The zero-order valence-corrected chi connectivity index (χ0v) is 11.4. The van der Waals surface area contributed by atoms with Crippen molar-refractivity contribution in [2.45, 2.75) is 6.42 Å². The highest BCUT2D eigenvalue weighted by Gasteiger charge is 1.99. The fourth-order valence-corrected chi connectivity index (χ4v) is 1.46. The Morgan fingerprint density at radius 3 is 2.68 bits per heavy atom. The molecule has 5 nitrogen and oxygen atoms in total. The Hall–Kier alpha value is -1.59. The molecule has 0 saturated carbocycles. The van der Waals surface area contributed by atoms with Gasteiger partial charge in [-0.1, -0.05) is 18.2 Å². The summed E-state index contributed by atoms with van der Waals surface area (Å²) in [6.07, 6.45) is 0.861. The third kappa shape index (κ3) is 8.18. The second-order valence-corrected chi connectivity index (χ2v) is 4.03. The third-order valence-electron chi connectivity index (χ3n) is 2.42. The molecular formula is C14H22N2O3. The van der Waals surface area contributed by atoms with Gasteiger partial charge >= 0.3 is 0 Å². The van der Waals surface area contributed by atoms with Crippen molar-refractivity contribution >= 4 is 5.91 Å². The fourth-order valence-electron chi connectivity index (χ4n) is 1.46. The van der Waals surface area contributed by atoms with E-state index in [9.17, 15) is 4.79 Å². The van der Waals surface area contributed by atoms with E-state index in [0.29, 0.717) is 26.3 Å². The second kappa shape index (κ2) is 10.3. The Morgan fingerprint density at radius 1 is 1.16 bits per heavy atom. The molecular weight excluding hydrogens is 244 g/mol. The molecule has 0 saturated heterocycles. The Labute approximate surface area is 114 Å². The molecule has 0 aliphatic carbocycles. The smallest absolute Gasteiger partial charge is 0.234 e. The monoisotopic (exact) mass is 266 g/mol. The minimum atomic E-state index is -0.0129. The number of methoxy groups -OCH3 is 1. The first-order valence-electron chi connectivity index (χ1n) is 6.47. The molecule has 0 aromatic heterocycles. The van der Waals surface area contributed by atoms with Crippen LogP contribution in [-0.4, -0.2) is 45.9 Å². The normalized spacial score (nSPS) is 10.2. The van der Waals surface area contributed by atoms with Crippen LogP contribution in [0.3, 0.4) is 0 Å². The number of ether oxygens (including phenoxy) is 2. The summed E-state index contributed by atoms with van der Waals surface area (Å²) < 4.78 is 10.4. The van der Waals surface area contributed by atoms with Gasteiger partial charge in [-0.25, -0.2) is 0 Å². The number of benzene rings is 1. The van der Waals surface area contributed by atoms with Gasteiger partial charge in [-0.3, -0.25) is 4.79 Å². The molecule has 106 valence electrons. The lowest BCUT2D eigenvalue weighted by atomic mass is 10.3. The molecule has 0 heterocycles. The van der Waals surface area contributed by atoms with Crippen LogP contribution >= 0.6 is 0 Å². The Kier molecular flexibility index (Phi) is 8.42. The maximum Gasteiger partial charge on any atom is 0.234 e. The van der Waals surface area contributed by atoms with Crippen molar-refractivity contribution in [2.24, 2.45) is 0 Å². The van der Waals surface area contributed by atoms with Crippen LogP contribution in [0.4, 0.5) is 0 Å². The van der Waals surface area contributed by atoms with Gasteiger partial charge < -0.3 is 20.1 Å². The molecule has 0 atom stereocenters. The van der Waals surface area contributed by atoms with Crippen LogP contribution in [0.5, 0.6) is 5.75 Å². The van der Waals surface area contributed by atoms with Crippen molar-refractivity contribution in [1.29, 1.82) is 0 Å². The highest BCUT2D eigenvalue weighted by molar-refractivity contribution is 5.77. The van der Waals surface area contributed by atoms with Gasteiger partial charge in [-0.15, -0.1) is 0 Å². The van der Waals surface area contributed by atoms with Gasteiger partial charge in [0.05, 0.1) is 19.8 Å². The van der Waals surface area contributed by atoms with Gasteiger partial charge in [0.1, 0.15) is 5.75 Å². The highest BCUT2D eigenvalue weighted by atomic mass is 16.5. The highest BCUT2D eigenvalue weighted by Crippen LogP contribution is 2.07. The third-order valence-corrected chi connectivity index (χ3v) is 2.42. The summed E-state index contributed by atoms with van der Waals surface area (Å²) in [6.45, 7) is 2.81. The van der Waals surface area contributed by atoms with Gasteiger partial charge in [0, 0.05) is 13.7 Å². The predicted molar refractivity (Wildman–Crippen MR) is 74.3 cm³/mol. The van der Waals surface area contributed by atoms with Crippen molar-refractivity contribution in [2.75, 3.05) is 40.0 Å². The number of carbonyl (C=O) groups is 1. The minimum absolute atomic E-state index is 0.0129. The average Bonchev–Trinajstić information content (AvgIpc) is 2.44. The summed E-state index contributed by atoms with van der Waals surface area (Å²) in [5, 5.41) is 5.81. The lowest BCUT2D eigenvalue weighted by Crippen LogP contribution is -2.36. The summed E-state index contributed by atoms with van der Waals surface area (Å²) in [6, 6.07) is 9.69. The molecule has 1 rings (SSSR count). The van der Waals surface area contributed by atoms with Crippen LogP contribution in [0.2, 0.25) is 0 Å². The largest absolute Gasteiger partial charge is 0.494 e. The topological polar surface area (TPSA) is 59.6 Å². The van der Waals surface area contributed by atoms with Gasteiger partial charge in [-0.2, -0.15) is 0 Å². The van der Waals surface area contributed by atoms with Gasteiger partial charge in [0.25, 0.3) is 0 Å². The van der Waals surface area contributed by atoms with E-state index in [-0.39, 0.29) is 5.91 Å². The molecule has 0 aliphatic heterocycles. The molecule has 1 aromatic rings. The van der Waals surface area contributed by atoms with E-state index in [4.69, 9.17) is 9.47 Å². The summed E-state index contributed by atoms with van der Waals surface area (Å²) >= 11 is 0. The maximum atomic E-state index is 11.3. The van der Waals surface area contributed by atoms with Crippen LogP contribution in [0, 0.1) is 0 Å². The number of hydrogen-bond acceptors (Lipinski definition) is 4. The van der Waals surface area contributed by atoms with E-state index in [2.05, 4.69) is 10.6 Å². The molecule has 2 N–H and O–H groups in total. The van der Waals surface area contributed by atoms with E-state index in [1.54, 1.807) is 7.11 Å². The minimum Gasteiger partial charge on any atom is -0.494 e. The fraction of sp³-hybridized carbons (Fsp3) is 0.500. The lowest BCUT2D eigenvalue weighted by molar-refractivity contribution is -0.120. The number of carbonyl (C=O) groups excluding carboxylic acids is 1. The van der Waals surface area contributed by atoms with Gasteiger partial charge in [0.2, 0.25) is 5.91 Å². The molecule has 5 heteroatoms. The number of para-hydroxylation sites is 1. The van der Waals surface area contributed by atoms with Crippen molar-refractivity contribution < 1.29 is 14.3 Å². The van der Waals surface area contributed by atoms with Gasteiger partial charge in [-0.05, 0) is 25.1 Å². The van der Waals surface area contributed by atoms with Crippen LogP contribution in [0.1, 0.15) is 6.42 Å². The van der Waals surface area contributed by atoms with Crippen LogP contribution in [0.15, 0.2) is 30.3 Å². The maximum absolute atomic E-state index is 11.3. The molecule has 0 radical (unpaired) electrons. The zero-order chi connectivity index (χ0) is 13.8. The Morgan fingerprint density at radius 2 is 1.95 bits per heavy atom. The molecule has 19 heavy (non-hydrogen) atoms. The lowest BCUT2D eigenvalue weighted by Gasteiger charge is -2.07. The van der Waals surface area contributed by atoms with E-state index in [1.807, 2.05) is 30.3 Å². The molecule has 1 aromatic carbocycles. The predicted octanol–water partition coefficient (Wildman–Crippen LogP) is 0.808. The number of amides is 1. The standard InChI is InChI=1S/C14H22N2O3/c1-18-11-9-16-14(17)12-15-8-5-10-19-13-6-3-2-4-7-13/h2-4,6-7,15H,5,8-12H2,1H3,(H,16,17). The van der Waals surface area contributed by atoms with E-state index < -0.39 is 0 Å². The summed E-state index contributed by atoms with van der Waals surface area (Å²) in [5.74, 6) is 0.862. The van der Waals surface area contributed by atoms with Crippen molar-refractivity contribution in [3.8, 4) is 5.75 Å². The summed E-state index contributed by atoms with van der Waals surface area (Å²) in [5.41, 5.74) is 0. The molecule has 1 amide bonds. The Bertz CT molecular complexity index is 344. The number of nitrogens with one attached hydrogen (secondary N) is 2. The van der Waals surface area contributed by atoms with Crippen LogP contribution in [-0.2, 0) is 9.53 Å². The first-order chi connectivity index (χ1) is 9.33. The van der Waals surface area contributed by atoms with Gasteiger partial charge in [0.15, 0.2) is 0 Å². The summed E-state index contributed by atoms with van der Waals surface area (Å²) in [4.78, 5) is 11.3. The van der Waals surface area contributed by atoms with E-state index in [0.717, 1.165) is 18.7 Å². The first-order valence-corrected chi connectivity index (χ1v) is 6.47. The molecule has 0 spiro atoms. The molecule has 0 unspecified atom stereocenters. The van der Waals surface area contributed by atoms with Crippen LogP contribution in [0.25, 0.3) is 0 Å². The molecule has 0 aliphatic rings. The zero-order valence-electron chi connectivity index (χ0n) is 11.4. The molecule has 0 fully saturated rings. The molecule has 0 bridgehead atoms. The van der Waals surface area contributed by atoms with Crippen molar-refractivity contribution in [3.05, 3.63) is 30.3 Å². The van der Waals surface area contributed by atoms with Crippen LogP contribution < -0.4 is 15.4 Å². The number of rotatable bonds is 10. The SMILES string of the molecule is COCCNC(=O)CNCCCOc1ccccc1. The Balaban J connectivity index is 1.92. The summed E-state index contributed by atoms with van der Waals surface area (Å²) in [7, 11) is 1.61. The average molecular weight is 266 g/mol. The second-order valence-electron chi connectivity index (χ2n) is 4.03. The quantitative estimate of drug-likeness (QED) is 0.615. The first kappa shape index (κ1) is 15.5. The van der Waals surface area contributed by atoms with Crippen molar-refractivity contribution in [1.82, 2.24) is 10.6 Å². The van der Waals surface area contributed by atoms with E-state index >= 15 is 0 Å². The number of hydrogen-bond donors (Lipinski definition) is 2.